The molecular formula is C15H21N3O. The fourth-order valence-electron chi connectivity index (χ4n) is 2.27. The minimum absolute atomic E-state index is 0.0761. The van der Waals surface area contributed by atoms with Gasteiger partial charge in [0.05, 0.1) is 5.69 Å². The molecule has 0 aromatic carbocycles. The summed E-state index contributed by atoms with van der Waals surface area (Å²) in [6.07, 6.45) is 4.03. The minimum Gasteiger partial charge on any atom is -0.338 e. The van der Waals surface area contributed by atoms with Crippen LogP contribution in [0.4, 0.5) is 0 Å². The normalized spacial score (nSPS) is 10.9. The van der Waals surface area contributed by atoms with Crippen LogP contribution in [0.5, 0.6) is 0 Å². The maximum atomic E-state index is 12.6. The van der Waals surface area contributed by atoms with E-state index in [0.717, 1.165) is 37.3 Å². The zero-order valence-electron chi connectivity index (χ0n) is 11.9. The number of aryl methyl sites for hydroxylation is 1. The van der Waals surface area contributed by atoms with E-state index in [0.29, 0.717) is 5.69 Å². The number of unbranched alkanes of at least 4 members (excludes halogenated alkanes) is 1. The van der Waals surface area contributed by atoms with Gasteiger partial charge in [0.2, 0.25) is 0 Å². The Morgan fingerprint density at radius 2 is 2.16 bits per heavy atom. The number of imidazole rings is 1. The second kappa shape index (κ2) is 5.87. The van der Waals surface area contributed by atoms with Crippen LogP contribution in [0.15, 0.2) is 24.4 Å². The zero-order valence-corrected chi connectivity index (χ0v) is 11.9. The molecule has 0 N–H and O–H groups in total. The third-order valence-electron chi connectivity index (χ3n) is 3.36. The summed E-state index contributed by atoms with van der Waals surface area (Å²) in [6, 6.07) is 5.78. The van der Waals surface area contributed by atoms with Crippen LogP contribution in [0, 0.1) is 6.92 Å². The van der Waals surface area contributed by atoms with Gasteiger partial charge in [0.1, 0.15) is 11.3 Å². The lowest BCUT2D eigenvalue weighted by molar-refractivity contribution is 0.0754. The van der Waals surface area contributed by atoms with Gasteiger partial charge in [0, 0.05) is 19.3 Å². The van der Waals surface area contributed by atoms with Crippen molar-refractivity contribution in [3.05, 3.63) is 35.8 Å². The van der Waals surface area contributed by atoms with Crippen LogP contribution in [0.2, 0.25) is 0 Å². The molecule has 0 aliphatic carbocycles. The molecule has 2 aromatic rings. The molecule has 4 heteroatoms. The molecule has 0 bridgehead atoms. The molecule has 0 spiro atoms. The Bertz CT molecular complexity index is 574. The number of hydrogen-bond donors (Lipinski definition) is 0. The number of aromatic nitrogens is 2. The van der Waals surface area contributed by atoms with Gasteiger partial charge in [-0.1, -0.05) is 19.4 Å². The molecule has 2 rings (SSSR count). The molecule has 1 amide bonds. The van der Waals surface area contributed by atoms with Crippen molar-refractivity contribution >= 4 is 11.6 Å². The number of rotatable bonds is 5. The summed E-state index contributed by atoms with van der Waals surface area (Å²) in [5.41, 5.74) is 2.31. The Kier molecular flexibility index (Phi) is 4.20. The van der Waals surface area contributed by atoms with Crippen molar-refractivity contribution in [3.8, 4) is 0 Å². The molecule has 0 saturated heterocycles. The molecule has 19 heavy (non-hydrogen) atoms. The van der Waals surface area contributed by atoms with Gasteiger partial charge in [-0.05, 0) is 32.4 Å². The van der Waals surface area contributed by atoms with Crippen molar-refractivity contribution in [1.29, 1.82) is 0 Å². The van der Waals surface area contributed by atoms with Crippen LogP contribution >= 0.6 is 0 Å². The summed E-state index contributed by atoms with van der Waals surface area (Å²) < 4.78 is 1.88. The van der Waals surface area contributed by atoms with Crippen LogP contribution in [-0.2, 0) is 0 Å². The van der Waals surface area contributed by atoms with Crippen molar-refractivity contribution in [2.24, 2.45) is 0 Å². The lowest BCUT2D eigenvalue weighted by atomic mass is 10.2. The number of hydrogen-bond acceptors (Lipinski definition) is 2. The second-order valence-corrected chi connectivity index (χ2v) is 4.71. The SMILES string of the molecule is CCCCN(CC)C(=O)c1c(C)nc2ccccn12. The van der Waals surface area contributed by atoms with Crippen molar-refractivity contribution in [2.45, 2.75) is 33.6 Å². The summed E-state index contributed by atoms with van der Waals surface area (Å²) in [4.78, 5) is 19.0. The highest BCUT2D eigenvalue weighted by molar-refractivity contribution is 5.94. The average Bonchev–Trinajstić information content (AvgIpc) is 2.75. The highest BCUT2D eigenvalue weighted by Crippen LogP contribution is 2.14. The fraction of sp³-hybridized carbons (Fsp3) is 0.467. The maximum Gasteiger partial charge on any atom is 0.272 e. The first-order valence-electron chi connectivity index (χ1n) is 6.92. The minimum atomic E-state index is 0.0761. The largest absolute Gasteiger partial charge is 0.338 e. The summed E-state index contributed by atoms with van der Waals surface area (Å²) in [7, 11) is 0. The number of nitrogens with zero attached hydrogens (tertiary/aromatic N) is 3. The van der Waals surface area contributed by atoms with Crippen LogP contribution in [-0.4, -0.2) is 33.3 Å². The van der Waals surface area contributed by atoms with E-state index in [1.165, 1.54) is 0 Å². The van der Waals surface area contributed by atoms with E-state index < -0.39 is 0 Å². The smallest absolute Gasteiger partial charge is 0.272 e. The molecule has 2 heterocycles. The van der Waals surface area contributed by atoms with Gasteiger partial charge in [0.15, 0.2) is 0 Å². The molecular weight excluding hydrogens is 238 g/mol. The van der Waals surface area contributed by atoms with E-state index in [4.69, 9.17) is 0 Å². The maximum absolute atomic E-state index is 12.6. The van der Waals surface area contributed by atoms with Crippen molar-refractivity contribution < 1.29 is 4.79 Å². The number of fused-ring (bicyclic) bond motifs is 1. The van der Waals surface area contributed by atoms with Crippen molar-refractivity contribution in [2.75, 3.05) is 13.1 Å². The topological polar surface area (TPSA) is 37.6 Å². The first kappa shape index (κ1) is 13.6. The Morgan fingerprint density at radius 3 is 2.84 bits per heavy atom. The molecule has 0 aliphatic rings. The van der Waals surface area contributed by atoms with E-state index >= 15 is 0 Å². The summed E-state index contributed by atoms with van der Waals surface area (Å²) >= 11 is 0. The lowest BCUT2D eigenvalue weighted by Gasteiger charge is -2.20. The molecule has 0 fully saturated rings. The quantitative estimate of drug-likeness (QED) is 0.828. The van der Waals surface area contributed by atoms with Gasteiger partial charge in [-0.25, -0.2) is 4.98 Å². The van der Waals surface area contributed by atoms with E-state index in [9.17, 15) is 4.79 Å². The Labute approximate surface area is 114 Å². The molecule has 4 nitrogen and oxygen atoms in total. The second-order valence-electron chi connectivity index (χ2n) is 4.71. The number of carbonyl (C=O) groups is 1. The Hall–Kier alpha value is -1.84. The van der Waals surface area contributed by atoms with Crippen molar-refractivity contribution in [3.63, 3.8) is 0 Å². The third kappa shape index (κ3) is 2.62. The van der Waals surface area contributed by atoms with Crippen molar-refractivity contribution in [1.82, 2.24) is 14.3 Å². The summed E-state index contributed by atoms with van der Waals surface area (Å²) in [5.74, 6) is 0.0761. The molecule has 102 valence electrons. The molecule has 0 aliphatic heterocycles. The highest BCUT2D eigenvalue weighted by Gasteiger charge is 2.20. The highest BCUT2D eigenvalue weighted by atomic mass is 16.2. The fourth-order valence-corrected chi connectivity index (χ4v) is 2.27. The van der Waals surface area contributed by atoms with Gasteiger partial charge in [-0.15, -0.1) is 0 Å². The number of amides is 1. The lowest BCUT2D eigenvalue weighted by Crippen LogP contribution is -2.33. The molecule has 0 saturated carbocycles. The first-order chi connectivity index (χ1) is 9.19. The van der Waals surface area contributed by atoms with Crippen LogP contribution < -0.4 is 0 Å². The standard InChI is InChI=1S/C15H21N3O/c1-4-6-10-17(5-2)15(19)14-12(3)16-13-9-7-8-11-18(13)14/h7-9,11H,4-6,10H2,1-3H3. The van der Waals surface area contributed by atoms with Crippen LogP contribution in [0.25, 0.3) is 5.65 Å². The monoisotopic (exact) mass is 259 g/mol. The summed E-state index contributed by atoms with van der Waals surface area (Å²) in [6.45, 7) is 7.60. The zero-order chi connectivity index (χ0) is 13.8. The van der Waals surface area contributed by atoms with Gasteiger partial charge < -0.3 is 4.90 Å². The van der Waals surface area contributed by atoms with E-state index in [1.807, 2.05) is 47.5 Å². The van der Waals surface area contributed by atoms with Gasteiger partial charge in [-0.2, -0.15) is 0 Å². The van der Waals surface area contributed by atoms with Gasteiger partial charge >= 0.3 is 0 Å². The molecule has 0 atom stereocenters. The molecule has 2 aromatic heterocycles. The molecule has 0 radical (unpaired) electrons. The van der Waals surface area contributed by atoms with E-state index in [2.05, 4.69) is 11.9 Å². The van der Waals surface area contributed by atoms with Gasteiger partial charge in [0.25, 0.3) is 5.91 Å². The predicted molar refractivity (Wildman–Crippen MR) is 76.4 cm³/mol. The summed E-state index contributed by atoms with van der Waals surface area (Å²) in [5, 5.41) is 0. The number of pyridine rings is 1. The van der Waals surface area contributed by atoms with Crippen LogP contribution in [0.1, 0.15) is 42.9 Å². The Balaban J connectivity index is 2.37. The molecule has 0 unspecified atom stereocenters. The third-order valence-corrected chi connectivity index (χ3v) is 3.36. The first-order valence-corrected chi connectivity index (χ1v) is 6.92. The predicted octanol–water partition coefficient (Wildman–Crippen LogP) is 2.90. The Morgan fingerprint density at radius 1 is 1.37 bits per heavy atom. The number of carbonyl (C=O) groups excluding carboxylic acids is 1. The van der Waals surface area contributed by atoms with Crippen LogP contribution in [0.3, 0.4) is 0 Å². The average molecular weight is 259 g/mol. The van der Waals surface area contributed by atoms with E-state index in [-0.39, 0.29) is 5.91 Å². The van der Waals surface area contributed by atoms with Gasteiger partial charge in [-0.3, -0.25) is 9.20 Å². The van der Waals surface area contributed by atoms with E-state index in [1.54, 1.807) is 0 Å².